The van der Waals surface area contributed by atoms with Crippen molar-refractivity contribution in [2.45, 2.75) is 53.0 Å². The van der Waals surface area contributed by atoms with Gasteiger partial charge in [0.1, 0.15) is 0 Å². The third-order valence-electron chi connectivity index (χ3n) is 3.26. The van der Waals surface area contributed by atoms with Gasteiger partial charge in [-0.2, -0.15) is 5.10 Å². The molecule has 0 aromatic carbocycles. The van der Waals surface area contributed by atoms with Crippen LogP contribution in [0.1, 0.15) is 52.3 Å². The first-order chi connectivity index (χ1) is 8.00. The maximum Gasteiger partial charge on any atom is 0.0630 e. The van der Waals surface area contributed by atoms with Crippen molar-refractivity contribution in [3.63, 3.8) is 0 Å². The van der Waals surface area contributed by atoms with E-state index in [0.29, 0.717) is 11.5 Å². The summed E-state index contributed by atoms with van der Waals surface area (Å²) in [7, 11) is 2.03. The molecule has 0 aliphatic rings. The first-order valence-electron chi connectivity index (χ1n) is 6.69. The third-order valence-corrected chi connectivity index (χ3v) is 3.26. The Morgan fingerprint density at radius 2 is 2.18 bits per heavy atom. The van der Waals surface area contributed by atoms with Crippen LogP contribution in [-0.4, -0.2) is 23.4 Å². The molecule has 98 valence electrons. The molecule has 1 N–H and O–H groups in total. The molecule has 0 aliphatic heterocycles. The smallest absolute Gasteiger partial charge is 0.0630 e. The fraction of sp³-hybridized carbons (Fsp3) is 0.786. The topological polar surface area (TPSA) is 29.9 Å². The Labute approximate surface area is 106 Å². The fourth-order valence-electron chi connectivity index (χ4n) is 2.47. The van der Waals surface area contributed by atoms with E-state index in [1.54, 1.807) is 0 Å². The molecule has 0 aliphatic carbocycles. The van der Waals surface area contributed by atoms with Gasteiger partial charge in [0.05, 0.1) is 5.69 Å². The van der Waals surface area contributed by atoms with Crippen molar-refractivity contribution in [1.29, 1.82) is 0 Å². The molecule has 3 nitrogen and oxygen atoms in total. The molecule has 0 spiro atoms. The minimum absolute atomic E-state index is 0.319. The Balaban J connectivity index is 2.71. The van der Waals surface area contributed by atoms with Gasteiger partial charge in [-0.1, -0.05) is 20.3 Å². The van der Waals surface area contributed by atoms with Gasteiger partial charge in [-0.25, -0.2) is 0 Å². The normalized spacial score (nSPS) is 15.2. The van der Waals surface area contributed by atoms with Crippen LogP contribution < -0.4 is 5.32 Å². The number of rotatable bonds is 7. The summed E-state index contributed by atoms with van der Waals surface area (Å²) in [6.45, 7) is 9.97. The van der Waals surface area contributed by atoms with Gasteiger partial charge in [-0.05, 0) is 45.2 Å². The lowest BCUT2D eigenvalue weighted by atomic mass is 9.81. The fourth-order valence-corrected chi connectivity index (χ4v) is 2.47. The number of hydrogen-bond donors (Lipinski definition) is 1. The Kier molecular flexibility index (Phi) is 5.19. The molecule has 1 heterocycles. The maximum atomic E-state index is 4.65. The van der Waals surface area contributed by atoms with Crippen molar-refractivity contribution in [3.05, 3.63) is 18.0 Å². The van der Waals surface area contributed by atoms with Gasteiger partial charge in [-0.15, -0.1) is 0 Å². The molecule has 1 rings (SSSR count). The largest absolute Gasteiger partial charge is 0.319 e. The number of hydrogen-bond acceptors (Lipinski definition) is 2. The highest BCUT2D eigenvalue weighted by Gasteiger charge is 2.24. The standard InChI is InChI=1S/C14H27N3/c1-6-8-14(4,11-15-5)10-13-7-9-17(16-13)12(2)3/h7,9,12,15H,6,8,10-11H2,1-5H3. The molecular weight excluding hydrogens is 210 g/mol. The molecule has 3 heteroatoms. The van der Waals surface area contributed by atoms with Crippen LogP contribution in [0.15, 0.2) is 12.3 Å². The zero-order valence-electron chi connectivity index (χ0n) is 12.0. The Morgan fingerprint density at radius 1 is 1.47 bits per heavy atom. The molecule has 0 fully saturated rings. The van der Waals surface area contributed by atoms with Crippen LogP contribution in [0.3, 0.4) is 0 Å². The zero-order chi connectivity index (χ0) is 12.9. The van der Waals surface area contributed by atoms with E-state index in [1.165, 1.54) is 18.5 Å². The lowest BCUT2D eigenvalue weighted by molar-refractivity contribution is 0.279. The van der Waals surface area contributed by atoms with E-state index in [4.69, 9.17) is 0 Å². The molecule has 1 atom stereocenters. The van der Waals surface area contributed by atoms with Crippen LogP contribution >= 0.6 is 0 Å². The molecular formula is C14H27N3. The first-order valence-corrected chi connectivity index (χ1v) is 6.69. The summed E-state index contributed by atoms with van der Waals surface area (Å²) in [6.07, 6.45) is 5.61. The molecule has 0 amide bonds. The average Bonchev–Trinajstić information content (AvgIpc) is 2.66. The van der Waals surface area contributed by atoms with Crippen molar-refractivity contribution >= 4 is 0 Å². The number of nitrogens with zero attached hydrogens (tertiary/aromatic N) is 2. The number of aromatic nitrogens is 2. The predicted octanol–water partition coefficient (Wildman–Crippen LogP) is 3.03. The molecule has 0 bridgehead atoms. The molecule has 1 unspecified atom stereocenters. The number of nitrogens with one attached hydrogen (secondary N) is 1. The Bertz CT molecular complexity index is 322. The van der Waals surface area contributed by atoms with Crippen LogP contribution in [0.25, 0.3) is 0 Å². The average molecular weight is 237 g/mol. The van der Waals surface area contributed by atoms with Crippen LogP contribution in [-0.2, 0) is 6.42 Å². The Morgan fingerprint density at radius 3 is 2.65 bits per heavy atom. The van der Waals surface area contributed by atoms with Gasteiger partial charge in [-0.3, -0.25) is 4.68 Å². The monoisotopic (exact) mass is 237 g/mol. The van der Waals surface area contributed by atoms with E-state index in [9.17, 15) is 0 Å². The van der Waals surface area contributed by atoms with Crippen LogP contribution in [0.5, 0.6) is 0 Å². The van der Waals surface area contributed by atoms with Crippen molar-refractivity contribution in [3.8, 4) is 0 Å². The molecule has 1 aromatic heterocycles. The van der Waals surface area contributed by atoms with E-state index < -0.39 is 0 Å². The second kappa shape index (κ2) is 6.20. The zero-order valence-corrected chi connectivity index (χ0v) is 12.0. The second-order valence-electron chi connectivity index (χ2n) is 5.65. The Hall–Kier alpha value is -0.830. The van der Waals surface area contributed by atoms with Crippen molar-refractivity contribution < 1.29 is 0 Å². The summed E-state index contributed by atoms with van der Waals surface area (Å²) >= 11 is 0. The summed E-state index contributed by atoms with van der Waals surface area (Å²) < 4.78 is 2.04. The lowest BCUT2D eigenvalue weighted by Crippen LogP contribution is -2.32. The first kappa shape index (κ1) is 14.2. The van der Waals surface area contributed by atoms with Crippen molar-refractivity contribution in [1.82, 2.24) is 15.1 Å². The highest BCUT2D eigenvalue weighted by Crippen LogP contribution is 2.27. The summed E-state index contributed by atoms with van der Waals surface area (Å²) in [5, 5.41) is 7.96. The highest BCUT2D eigenvalue weighted by atomic mass is 15.3. The quantitative estimate of drug-likeness (QED) is 0.790. The minimum atomic E-state index is 0.319. The third kappa shape index (κ3) is 4.15. The SMILES string of the molecule is CCCC(C)(CNC)Cc1ccn(C(C)C)n1. The van der Waals surface area contributed by atoms with E-state index in [-0.39, 0.29) is 0 Å². The molecule has 0 radical (unpaired) electrons. The van der Waals surface area contributed by atoms with E-state index in [1.807, 2.05) is 11.7 Å². The molecule has 0 saturated heterocycles. The van der Waals surface area contributed by atoms with E-state index >= 15 is 0 Å². The van der Waals surface area contributed by atoms with E-state index in [0.717, 1.165) is 13.0 Å². The van der Waals surface area contributed by atoms with Crippen LogP contribution in [0.4, 0.5) is 0 Å². The maximum absolute atomic E-state index is 4.65. The highest BCUT2D eigenvalue weighted by molar-refractivity contribution is 5.03. The van der Waals surface area contributed by atoms with E-state index in [2.05, 4.69) is 50.4 Å². The second-order valence-corrected chi connectivity index (χ2v) is 5.65. The van der Waals surface area contributed by atoms with Crippen molar-refractivity contribution in [2.24, 2.45) is 5.41 Å². The molecule has 1 aromatic rings. The minimum Gasteiger partial charge on any atom is -0.319 e. The van der Waals surface area contributed by atoms with Gasteiger partial charge in [0.2, 0.25) is 0 Å². The summed E-state index contributed by atoms with van der Waals surface area (Å²) in [4.78, 5) is 0. The van der Waals surface area contributed by atoms with Crippen molar-refractivity contribution in [2.75, 3.05) is 13.6 Å². The van der Waals surface area contributed by atoms with Gasteiger partial charge < -0.3 is 5.32 Å². The van der Waals surface area contributed by atoms with Gasteiger partial charge >= 0.3 is 0 Å². The summed E-state index contributed by atoms with van der Waals surface area (Å²) in [5.74, 6) is 0. The lowest BCUT2D eigenvalue weighted by Gasteiger charge is -2.28. The summed E-state index contributed by atoms with van der Waals surface area (Å²) in [6, 6.07) is 2.61. The van der Waals surface area contributed by atoms with Gasteiger partial charge in [0.25, 0.3) is 0 Å². The molecule has 0 saturated carbocycles. The summed E-state index contributed by atoms with van der Waals surface area (Å²) in [5.41, 5.74) is 1.53. The predicted molar refractivity (Wildman–Crippen MR) is 73.3 cm³/mol. The van der Waals surface area contributed by atoms with Gasteiger partial charge in [0, 0.05) is 18.8 Å². The van der Waals surface area contributed by atoms with Crippen LogP contribution in [0, 0.1) is 5.41 Å². The van der Waals surface area contributed by atoms with Crippen LogP contribution in [0.2, 0.25) is 0 Å². The van der Waals surface area contributed by atoms with Gasteiger partial charge in [0.15, 0.2) is 0 Å². The molecule has 17 heavy (non-hydrogen) atoms.